The van der Waals surface area contributed by atoms with Gasteiger partial charge in [-0.2, -0.15) is 0 Å². The highest BCUT2D eigenvalue weighted by molar-refractivity contribution is 7.99. The molecule has 0 saturated heterocycles. The second-order valence-corrected chi connectivity index (χ2v) is 7.85. The normalized spacial score (nSPS) is 22.4. The SMILES string of the molecule is CC(C)=CC1(C)CSc2cc(C(C)(C)C)ccc2O1. The van der Waals surface area contributed by atoms with Crippen LogP contribution in [-0.2, 0) is 5.41 Å². The predicted octanol–water partition coefficient (Wildman–Crippen LogP) is 5.19. The molecule has 1 unspecified atom stereocenters. The Labute approximate surface area is 121 Å². The summed E-state index contributed by atoms with van der Waals surface area (Å²) in [4.78, 5) is 1.27. The van der Waals surface area contributed by atoms with Gasteiger partial charge in [-0.1, -0.05) is 32.4 Å². The van der Waals surface area contributed by atoms with E-state index < -0.39 is 0 Å². The van der Waals surface area contributed by atoms with E-state index in [2.05, 4.69) is 65.8 Å². The third-order valence-electron chi connectivity index (χ3n) is 3.26. The minimum atomic E-state index is -0.181. The lowest BCUT2D eigenvalue weighted by molar-refractivity contribution is 0.156. The number of benzene rings is 1. The zero-order valence-corrected chi connectivity index (χ0v) is 13.6. The maximum atomic E-state index is 6.20. The van der Waals surface area contributed by atoms with Gasteiger partial charge in [-0.25, -0.2) is 0 Å². The van der Waals surface area contributed by atoms with Gasteiger partial charge in [-0.05, 0) is 50.0 Å². The van der Waals surface area contributed by atoms with Crippen molar-refractivity contribution in [2.45, 2.75) is 57.5 Å². The van der Waals surface area contributed by atoms with Gasteiger partial charge in [-0.15, -0.1) is 11.8 Å². The summed E-state index contributed by atoms with van der Waals surface area (Å²) in [6.45, 7) is 13.1. The molecule has 0 saturated carbocycles. The van der Waals surface area contributed by atoms with Crippen LogP contribution in [0.1, 0.15) is 47.1 Å². The molecule has 0 N–H and O–H groups in total. The molecule has 1 atom stereocenters. The first-order chi connectivity index (χ1) is 8.70. The molecule has 2 rings (SSSR count). The Morgan fingerprint density at radius 2 is 2.00 bits per heavy atom. The summed E-state index contributed by atoms with van der Waals surface area (Å²) in [7, 11) is 0. The van der Waals surface area contributed by atoms with Crippen molar-refractivity contribution in [2.75, 3.05) is 5.75 Å². The van der Waals surface area contributed by atoms with Crippen molar-refractivity contribution in [1.29, 1.82) is 0 Å². The first kappa shape index (κ1) is 14.5. The van der Waals surface area contributed by atoms with Gasteiger partial charge >= 0.3 is 0 Å². The van der Waals surface area contributed by atoms with E-state index in [1.807, 2.05) is 11.8 Å². The average Bonchev–Trinajstić information content (AvgIpc) is 2.25. The second kappa shape index (κ2) is 4.90. The number of rotatable bonds is 1. The summed E-state index contributed by atoms with van der Waals surface area (Å²) < 4.78 is 6.20. The third kappa shape index (κ3) is 3.36. The van der Waals surface area contributed by atoms with Gasteiger partial charge in [0.1, 0.15) is 11.4 Å². The largest absolute Gasteiger partial charge is 0.481 e. The fourth-order valence-electron chi connectivity index (χ4n) is 2.36. The van der Waals surface area contributed by atoms with Crippen LogP contribution < -0.4 is 4.74 Å². The van der Waals surface area contributed by atoms with Crippen molar-refractivity contribution < 1.29 is 4.74 Å². The molecule has 1 heterocycles. The van der Waals surface area contributed by atoms with Gasteiger partial charge in [0, 0.05) is 10.6 Å². The standard InChI is InChI=1S/C17H24OS/c1-12(2)10-17(6)11-19-15-9-13(16(3,4)5)7-8-14(15)18-17/h7-10H,11H2,1-6H3. The number of allylic oxidation sites excluding steroid dienone is 1. The molecule has 0 spiro atoms. The zero-order chi connectivity index (χ0) is 14.3. The fraction of sp³-hybridized carbons (Fsp3) is 0.529. The summed E-state index contributed by atoms with van der Waals surface area (Å²) in [5, 5.41) is 0. The minimum absolute atomic E-state index is 0.181. The summed E-state index contributed by atoms with van der Waals surface area (Å²) in [5.41, 5.74) is 2.68. The number of hydrogen-bond donors (Lipinski definition) is 0. The highest BCUT2D eigenvalue weighted by Gasteiger charge is 2.30. The lowest BCUT2D eigenvalue weighted by atomic mass is 9.87. The van der Waals surface area contributed by atoms with Crippen LogP contribution in [0.15, 0.2) is 34.7 Å². The summed E-state index contributed by atoms with van der Waals surface area (Å²) in [6.07, 6.45) is 2.22. The average molecular weight is 276 g/mol. The van der Waals surface area contributed by atoms with Crippen molar-refractivity contribution in [2.24, 2.45) is 0 Å². The van der Waals surface area contributed by atoms with Crippen molar-refractivity contribution in [3.63, 3.8) is 0 Å². The molecule has 19 heavy (non-hydrogen) atoms. The van der Waals surface area contributed by atoms with Crippen LogP contribution in [0.25, 0.3) is 0 Å². The van der Waals surface area contributed by atoms with Gasteiger partial charge in [0.2, 0.25) is 0 Å². The predicted molar refractivity (Wildman–Crippen MR) is 84.3 cm³/mol. The monoisotopic (exact) mass is 276 g/mol. The van der Waals surface area contributed by atoms with E-state index >= 15 is 0 Å². The van der Waals surface area contributed by atoms with Crippen molar-refractivity contribution in [3.8, 4) is 5.75 Å². The van der Waals surface area contributed by atoms with E-state index in [9.17, 15) is 0 Å². The summed E-state index contributed by atoms with van der Waals surface area (Å²) in [5.74, 6) is 1.99. The molecule has 0 bridgehead atoms. The molecule has 2 heteroatoms. The van der Waals surface area contributed by atoms with Gasteiger partial charge in [-0.3, -0.25) is 0 Å². The van der Waals surface area contributed by atoms with E-state index in [4.69, 9.17) is 4.74 Å². The van der Waals surface area contributed by atoms with Crippen LogP contribution in [0.3, 0.4) is 0 Å². The molecule has 1 aliphatic heterocycles. The summed E-state index contributed by atoms with van der Waals surface area (Å²) >= 11 is 1.90. The quantitative estimate of drug-likeness (QED) is 0.652. The van der Waals surface area contributed by atoms with Gasteiger partial charge in [0.05, 0.1) is 0 Å². The number of ether oxygens (including phenoxy) is 1. The Morgan fingerprint density at radius 3 is 2.58 bits per heavy atom. The lowest BCUT2D eigenvalue weighted by Crippen LogP contribution is -2.35. The van der Waals surface area contributed by atoms with Crippen molar-refractivity contribution in [3.05, 3.63) is 35.4 Å². The maximum absolute atomic E-state index is 6.20. The number of fused-ring (bicyclic) bond motifs is 1. The second-order valence-electron chi connectivity index (χ2n) is 6.84. The molecule has 0 fully saturated rings. The first-order valence-corrected chi connectivity index (χ1v) is 7.81. The molecule has 104 valence electrons. The van der Waals surface area contributed by atoms with Gasteiger partial charge < -0.3 is 4.74 Å². The van der Waals surface area contributed by atoms with Crippen LogP contribution in [0.4, 0.5) is 0 Å². The Hall–Kier alpha value is -0.890. The highest BCUT2D eigenvalue weighted by Crippen LogP contribution is 2.42. The van der Waals surface area contributed by atoms with Crippen LogP contribution in [0.2, 0.25) is 0 Å². The maximum Gasteiger partial charge on any atom is 0.134 e. The molecule has 0 radical (unpaired) electrons. The Bertz CT molecular complexity index is 506. The Balaban J connectivity index is 2.31. The van der Waals surface area contributed by atoms with Gasteiger partial charge in [0.25, 0.3) is 0 Å². The van der Waals surface area contributed by atoms with E-state index in [0.29, 0.717) is 0 Å². The molecule has 1 aromatic carbocycles. The van der Waals surface area contributed by atoms with Crippen LogP contribution in [-0.4, -0.2) is 11.4 Å². The number of thioether (sulfide) groups is 1. The molecular formula is C17H24OS. The first-order valence-electron chi connectivity index (χ1n) is 6.82. The van der Waals surface area contributed by atoms with Crippen LogP contribution in [0.5, 0.6) is 5.75 Å². The molecular weight excluding hydrogens is 252 g/mol. The van der Waals surface area contributed by atoms with Crippen molar-refractivity contribution in [1.82, 2.24) is 0 Å². The van der Waals surface area contributed by atoms with Gasteiger partial charge in [0.15, 0.2) is 0 Å². The molecule has 1 nitrogen and oxygen atoms in total. The molecule has 1 aromatic rings. The molecule has 0 amide bonds. The molecule has 0 aliphatic carbocycles. The minimum Gasteiger partial charge on any atom is -0.481 e. The topological polar surface area (TPSA) is 9.23 Å². The highest BCUT2D eigenvalue weighted by atomic mass is 32.2. The van der Waals surface area contributed by atoms with Crippen LogP contribution >= 0.6 is 11.8 Å². The smallest absolute Gasteiger partial charge is 0.134 e. The Kier molecular flexibility index (Phi) is 3.74. The molecule has 0 aromatic heterocycles. The summed E-state index contributed by atoms with van der Waals surface area (Å²) in [6, 6.07) is 6.59. The number of hydrogen-bond acceptors (Lipinski definition) is 2. The van der Waals surface area contributed by atoms with Crippen LogP contribution in [0, 0.1) is 0 Å². The zero-order valence-electron chi connectivity index (χ0n) is 12.8. The van der Waals surface area contributed by atoms with Crippen molar-refractivity contribution >= 4 is 11.8 Å². The third-order valence-corrected chi connectivity index (χ3v) is 4.61. The Morgan fingerprint density at radius 1 is 1.32 bits per heavy atom. The van der Waals surface area contributed by atoms with E-state index in [-0.39, 0.29) is 11.0 Å². The lowest BCUT2D eigenvalue weighted by Gasteiger charge is -2.34. The van der Waals surface area contributed by atoms with E-state index in [1.54, 1.807) is 0 Å². The van der Waals surface area contributed by atoms with E-state index in [0.717, 1.165) is 11.5 Å². The van der Waals surface area contributed by atoms with E-state index in [1.165, 1.54) is 16.0 Å². The molecule has 1 aliphatic rings. The fourth-order valence-corrected chi connectivity index (χ4v) is 3.40.